The normalized spacial score (nSPS) is 6.00. The summed E-state index contributed by atoms with van der Waals surface area (Å²) in [5.74, 6) is 0. The first-order chi connectivity index (χ1) is 3.00. The van der Waals surface area contributed by atoms with Crippen LogP contribution in [0.3, 0.4) is 0 Å². The Balaban J connectivity index is 0. The first kappa shape index (κ1) is 11.1. The summed E-state index contributed by atoms with van der Waals surface area (Å²) in [6.07, 6.45) is 3.34. The van der Waals surface area contributed by atoms with Crippen molar-refractivity contribution in [2.45, 2.75) is 0 Å². The molecule has 38 valence electrons. The topological polar surface area (TPSA) is 12.9 Å². The van der Waals surface area contributed by atoms with Crippen LogP contribution in [0.4, 0.5) is 0 Å². The van der Waals surface area contributed by atoms with Crippen molar-refractivity contribution < 1.29 is 36.5 Å². The van der Waals surface area contributed by atoms with Crippen molar-refractivity contribution in [3.05, 3.63) is 30.6 Å². The Kier molecular flexibility index (Phi) is 10.1. The van der Waals surface area contributed by atoms with Crippen LogP contribution < -0.4 is 17.0 Å². The van der Waals surface area contributed by atoms with Crippen molar-refractivity contribution in [3.63, 3.8) is 0 Å². The van der Waals surface area contributed by atoms with Crippen molar-refractivity contribution in [3.8, 4) is 0 Å². The fraction of sp³-hybridized carbons (Fsp3) is 0. The molecular formula is C5H4BrNZn. The zero-order valence-corrected chi connectivity index (χ0v) is 8.89. The molecule has 1 rings (SSSR count). The van der Waals surface area contributed by atoms with Crippen molar-refractivity contribution in [1.82, 2.24) is 4.98 Å². The van der Waals surface area contributed by atoms with E-state index < -0.39 is 0 Å². The first-order valence-electron chi connectivity index (χ1n) is 1.76. The van der Waals surface area contributed by atoms with Crippen molar-refractivity contribution in [2.75, 3.05) is 0 Å². The molecule has 1 nitrogen and oxygen atoms in total. The number of hydrogen-bond acceptors (Lipinski definition) is 1. The molecule has 0 radical (unpaired) electrons. The van der Waals surface area contributed by atoms with Crippen LogP contribution in [-0.2, 0) is 19.5 Å². The maximum Gasteiger partial charge on any atom is 2.00 e. The standard InChI is InChI=1S/C5H4N.BrH.Zn/c1-2-4-6-5-3-1;;/h1-2,4-5H;1H;/q-1;;+2/p-1. The minimum Gasteiger partial charge on any atom is -1.00 e. The van der Waals surface area contributed by atoms with Gasteiger partial charge in [-0.25, -0.2) is 12.1 Å². The molecule has 1 aromatic heterocycles. The van der Waals surface area contributed by atoms with E-state index in [4.69, 9.17) is 0 Å². The van der Waals surface area contributed by atoms with E-state index in [1.807, 2.05) is 12.1 Å². The minimum atomic E-state index is 0. The van der Waals surface area contributed by atoms with Crippen LogP contribution in [0.25, 0.3) is 0 Å². The van der Waals surface area contributed by atoms with Crippen LogP contribution in [0, 0.1) is 6.07 Å². The van der Waals surface area contributed by atoms with Crippen LogP contribution in [0.1, 0.15) is 0 Å². The van der Waals surface area contributed by atoms with Crippen molar-refractivity contribution in [1.29, 1.82) is 0 Å². The summed E-state index contributed by atoms with van der Waals surface area (Å²) in [4.78, 5) is 3.73. The zero-order chi connectivity index (χ0) is 4.24. The van der Waals surface area contributed by atoms with Gasteiger partial charge in [-0.15, -0.1) is 0 Å². The molecule has 0 saturated heterocycles. The molecule has 0 saturated carbocycles. The van der Waals surface area contributed by atoms with Crippen LogP contribution in [0.2, 0.25) is 0 Å². The van der Waals surface area contributed by atoms with E-state index in [9.17, 15) is 0 Å². The second-order valence-corrected chi connectivity index (χ2v) is 0.953. The molecule has 0 N–H and O–H groups in total. The third-order valence-electron chi connectivity index (χ3n) is 0.514. The maximum atomic E-state index is 3.73. The summed E-state index contributed by atoms with van der Waals surface area (Å²) in [6.45, 7) is 0. The molecule has 0 spiro atoms. The summed E-state index contributed by atoms with van der Waals surface area (Å²) >= 11 is 0. The van der Waals surface area contributed by atoms with Crippen molar-refractivity contribution in [2.24, 2.45) is 0 Å². The van der Waals surface area contributed by atoms with Gasteiger partial charge in [-0.3, -0.25) is 0 Å². The monoisotopic (exact) mass is 221 g/mol. The molecule has 0 bridgehead atoms. The molecule has 1 aromatic rings. The van der Waals surface area contributed by atoms with Crippen LogP contribution >= 0.6 is 0 Å². The molecule has 0 aromatic carbocycles. The van der Waals surface area contributed by atoms with Gasteiger partial charge in [0.05, 0.1) is 0 Å². The summed E-state index contributed by atoms with van der Waals surface area (Å²) in [6, 6.07) is 6.43. The summed E-state index contributed by atoms with van der Waals surface area (Å²) in [5, 5.41) is 0. The smallest absolute Gasteiger partial charge is 1.00 e. The molecule has 0 atom stereocenters. The van der Waals surface area contributed by atoms with E-state index in [0.29, 0.717) is 0 Å². The van der Waals surface area contributed by atoms with Gasteiger partial charge in [-0.1, -0.05) is 12.4 Å². The van der Waals surface area contributed by atoms with Crippen LogP contribution in [-0.4, -0.2) is 4.98 Å². The molecule has 3 heteroatoms. The third kappa shape index (κ3) is 4.41. The molecule has 0 unspecified atom stereocenters. The zero-order valence-electron chi connectivity index (χ0n) is 4.34. The maximum absolute atomic E-state index is 3.73. The molecule has 8 heavy (non-hydrogen) atoms. The Morgan fingerprint density at radius 2 is 2.12 bits per heavy atom. The third-order valence-corrected chi connectivity index (χ3v) is 0.514. The largest absolute Gasteiger partial charge is 2.00 e. The molecule has 0 aliphatic carbocycles. The van der Waals surface area contributed by atoms with Gasteiger partial charge in [0.1, 0.15) is 0 Å². The second kappa shape index (κ2) is 7.25. The number of rotatable bonds is 0. The van der Waals surface area contributed by atoms with Gasteiger partial charge in [0.2, 0.25) is 0 Å². The number of hydrogen-bond donors (Lipinski definition) is 0. The predicted octanol–water partition coefficient (Wildman–Crippen LogP) is -2.12. The van der Waals surface area contributed by atoms with E-state index in [1.54, 1.807) is 12.4 Å². The van der Waals surface area contributed by atoms with Gasteiger partial charge in [-0.2, -0.15) is 6.07 Å². The summed E-state index contributed by atoms with van der Waals surface area (Å²) in [5.41, 5.74) is 0. The molecule has 1 heterocycles. The molecule has 0 amide bonds. The fourth-order valence-electron chi connectivity index (χ4n) is 0.277. The van der Waals surface area contributed by atoms with E-state index in [1.165, 1.54) is 0 Å². The number of aromatic nitrogens is 1. The van der Waals surface area contributed by atoms with E-state index in [2.05, 4.69) is 11.1 Å². The first-order valence-corrected chi connectivity index (χ1v) is 1.76. The van der Waals surface area contributed by atoms with E-state index in [0.717, 1.165) is 0 Å². The molecule has 0 aliphatic heterocycles. The number of halogens is 1. The van der Waals surface area contributed by atoms with Gasteiger partial charge in [0, 0.05) is 0 Å². The fourth-order valence-corrected chi connectivity index (χ4v) is 0.277. The van der Waals surface area contributed by atoms with Gasteiger partial charge < -0.3 is 22.0 Å². The molecular weight excluding hydrogens is 219 g/mol. The second-order valence-electron chi connectivity index (χ2n) is 0.953. The Bertz CT molecular complexity index is 84.4. The quantitative estimate of drug-likeness (QED) is 0.362. The Morgan fingerprint density at radius 1 is 1.38 bits per heavy atom. The predicted molar refractivity (Wildman–Crippen MR) is 23.1 cm³/mol. The van der Waals surface area contributed by atoms with Crippen molar-refractivity contribution >= 4 is 0 Å². The molecule has 0 aliphatic rings. The van der Waals surface area contributed by atoms with E-state index in [-0.39, 0.29) is 36.5 Å². The Labute approximate surface area is 72.0 Å². The number of pyridine rings is 1. The Hall–Kier alpha value is 0.253. The number of nitrogens with zero attached hydrogens (tertiary/aromatic N) is 1. The average Bonchev–Trinajstić information content (AvgIpc) is 1.72. The van der Waals surface area contributed by atoms with Gasteiger partial charge in [0.15, 0.2) is 0 Å². The average molecular weight is 223 g/mol. The minimum absolute atomic E-state index is 0. The van der Waals surface area contributed by atoms with Crippen LogP contribution in [0.15, 0.2) is 24.5 Å². The van der Waals surface area contributed by atoms with Gasteiger partial charge in [-0.05, 0) is 0 Å². The summed E-state index contributed by atoms with van der Waals surface area (Å²) in [7, 11) is 0. The van der Waals surface area contributed by atoms with Gasteiger partial charge in [0.25, 0.3) is 0 Å². The van der Waals surface area contributed by atoms with Crippen LogP contribution in [0.5, 0.6) is 0 Å². The SMILES string of the molecule is [Br-].[Zn+2].[c-]1cccnc1. The Morgan fingerprint density at radius 3 is 2.25 bits per heavy atom. The van der Waals surface area contributed by atoms with Gasteiger partial charge >= 0.3 is 19.5 Å². The summed E-state index contributed by atoms with van der Waals surface area (Å²) < 4.78 is 0. The molecule has 0 fully saturated rings. The van der Waals surface area contributed by atoms with E-state index >= 15 is 0 Å².